The molecule has 0 spiro atoms. The third kappa shape index (κ3) is 6.56. The second-order valence-electron chi connectivity index (χ2n) is 4.83. The van der Waals surface area contributed by atoms with Crippen LogP contribution in [0.1, 0.15) is 43.5 Å². The van der Waals surface area contributed by atoms with Gasteiger partial charge in [0.2, 0.25) is 5.91 Å². The molecule has 21 heavy (non-hydrogen) atoms. The van der Waals surface area contributed by atoms with Crippen LogP contribution in [-0.4, -0.2) is 29.1 Å². The second-order valence-corrected chi connectivity index (χ2v) is 4.83. The molecule has 0 aromatic heterocycles. The summed E-state index contributed by atoms with van der Waals surface area (Å²) in [6.07, 6.45) is 0.211. The molecule has 114 valence electrons. The van der Waals surface area contributed by atoms with E-state index in [2.05, 4.69) is 5.32 Å². The minimum absolute atomic E-state index is 0.0343. The average molecular weight is 293 g/mol. The molecule has 0 atom stereocenters. The Morgan fingerprint density at radius 3 is 2.29 bits per heavy atom. The second kappa shape index (κ2) is 8.04. The van der Waals surface area contributed by atoms with E-state index in [1.165, 1.54) is 0 Å². The zero-order chi connectivity index (χ0) is 15.8. The van der Waals surface area contributed by atoms with Crippen LogP contribution in [0.25, 0.3) is 0 Å². The summed E-state index contributed by atoms with van der Waals surface area (Å²) in [5, 5.41) is 11.1. The molecule has 2 N–H and O–H groups in total. The van der Waals surface area contributed by atoms with Gasteiger partial charge in [-0.05, 0) is 44.5 Å². The molecule has 0 fully saturated rings. The van der Waals surface area contributed by atoms with E-state index in [0.29, 0.717) is 17.7 Å². The van der Waals surface area contributed by atoms with Crippen molar-refractivity contribution < 1.29 is 24.2 Å². The molecule has 0 heterocycles. The van der Waals surface area contributed by atoms with E-state index in [9.17, 15) is 14.4 Å². The van der Waals surface area contributed by atoms with Crippen molar-refractivity contribution >= 4 is 23.5 Å². The Morgan fingerprint density at radius 1 is 1.14 bits per heavy atom. The van der Waals surface area contributed by atoms with Gasteiger partial charge in [0, 0.05) is 18.5 Å². The number of carboxylic acid groups (broad SMARTS) is 1. The van der Waals surface area contributed by atoms with Gasteiger partial charge in [-0.15, -0.1) is 0 Å². The summed E-state index contributed by atoms with van der Waals surface area (Å²) in [5.74, 6) is -1.59. The highest BCUT2D eigenvalue weighted by molar-refractivity contribution is 5.93. The van der Waals surface area contributed by atoms with Crippen LogP contribution in [0.4, 0.5) is 5.69 Å². The number of benzene rings is 1. The largest absolute Gasteiger partial charge is 0.481 e. The summed E-state index contributed by atoms with van der Waals surface area (Å²) in [4.78, 5) is 33.5. The molecule has 0 saturated carbocycles. The highest BCUT2D eigenvalue weighted by Crippen LogP contribution is 2.12. The van der Waals surface area contributed by atoms with Gasteiger partial charge < -0.3 is 15.2 Å². The Labute approximate surface area is 123 Å². The number of carbonyl (C=O) groups excluding carboxylic acids is 2. The number of ether oxygens (including phenoxy) is 1. The van der Waals surface area contributed by atoms with E-state index in [1.807, 2.05) is 0 Å². The van der Waals surface area contributed by atoms with Crippen molar-refractivity contribution in [3.05, 3.63) is 29.8 Å². The van der Waals surface area contributed by atoms with Crippen molar-refractivity contribution in [2.45, 2.75) is 39.2 Å². The minimum atomic E-state index is -0.921. The predicted octanol–water partition coefficient (Wildman–Crippen LogP) is 2.45. The normalized spacial score (nSPS) is 10.2. The van der Waals surface area contributed by atoms with Crippen molar-refractivity contribution in [2.24, 2.45) is 0 Å². The maximum Gasteiger partial charge on any atom is 0.338 e. The first kappa shape index (κ1) is 16.7. The number of anilines is 1. The highest BCUT2D eigenvalue weighted by Gasteiger charge is 2.09. The first-order valence-electron chi connectivity index (χ1n) is 6.71. The monoisotopic (exact) mass is 293 g/mol. The smallest absolute Gasteiger partial charge is 0.338 e. The number of amides is 1. The first-order valence-corrected chi connectivity index (χ1v) is 6.71. The fraction of sp³-hybridized carbons (Fsp3) is 0.400. The molecule has 6 nitrogen and oxygen atoms in total. The van der Waals surface area contributed by atoms with E-state index in [-0.39, 0.29) is 24.9 Å². The Hall–Kier alpha value is -2.37. The van der Waals surface area contributed by atoms with Crippen LogP contribution in [-0.2, 0) is 14.3 Å². The van der Waals surface area contributed by atoms with Gasteiger partial charge in [0.15, 0.2) is 0 Å². The van der Waals surface area contributed by atoms with Crippen molar-refractivity contribution in [2.75, 3.05) is 5.32 Å². The van der Waals surface area contributed by atoms with Gasteiger partial charge >= 0.3 is 11.9 Å². The van der Waals surface area contributed by atoms with Crippen LogP contribution in [0.15, 0.2) is 24.3 Å². The number of nitrogens with one attached hydrogen (secondary N) is 1. The van der Waals surface area contributed by atoms with Crippen molar-refractivity contribution in [3.63, 3.8) is 0 Å². The molecule has 0 aliphatic heterocycles. The third-order valence-corrected chi connectivity index (χ3v) is 2.54. The van der Waals surface area contributed by atoms with Gasteiger partial charge in [0.05, 0.1) is 11.7 Å². The summed E-state index contributed by atoms with van der Waals surface area (Å²) in [5.41, 5.74) is 0.962. The van der Waals surface area contributed by atoms with Crippen LogP contribution < -0.4 is 5.32 Å². The summed E-state index contributed by atoms with van der Waals surface area (Å²) in [6, 6.07) is 6.34. The highest BCUT2D eigenvalue weighted by atomic mass is 16.5. The van der Waals surface area contributed by atoms with Crippen molar-refractivity contribution in [3.8, 4) is 0 Å². The van der Waals surface area contributed by atoms with E-state index in [4.69, 9.17) is 9.84 Å². The zero-order valence-corrected chi connectivity index (χ0v) is 12.1. The zero-order valence-electron chi connectivity index (χ0n) is 12.1. The Bertz CT molecular complexity index is 507. The predicted molar refractivity (Wildman–Crippen MR) is 77.1 cm³/mol. The molecule has 0 bridgehead atoms. The Kier molecular flexibility index (Phi) is 6.39. The number of carbonyl (C=O) groups is 3. The van der Waals surface area contributed by atoms with Crippen molar-refractivity contribution in [1.29, 1.82) is 0 Å². The third-order valence-electron chi connectivity index (χ3n) is 2.54. The van der Waals surface area contributed by atoms with E-state index in [0.717, 1.165) is 0 Å². The molecule has 1 aromatic rings. The van der Waals surface area contributed by atoms with Gasteiger partial charge in [-0.2, -0.15) is 0 Å². The number of hydrogen-bond acceptors (Lipinski definition) is 4. The summed E-state index contributed by atoms with van der Waals surface area (Å²) in [7, 11) is 0. The van der Waals surface area contributed by atoms with Crippen LogP contribution in [0.2, 0.25) is 0 Å². The summed E-state index contributed by atoms with van der Waals surface area (Å²) < 4.78 is 5.05. The molecule has 0 aliphatic rings. The van der Waals surface area contributed by atoms with Crippen LogP contribution >= 0.6 is 0 Å². The molecule has 1 rings (SSSR count). The fourth-order valence-corrected chi connectivity index (χ4v) is 1.60. The van der Waals surface area contributed by atoms with Gasteiger partial charge in [-0.25, -0.2) is 4.79 Å². The van der Waals surface area contributed by atoms with E-state index < -0.39 is 11.9 Å². The molecule has 0 aliphatic carbocycles. The quantitative estimate of drug-likeness (QED) is 0.753. The average Bonchev–Trinajstić information content (AvgIpc) is 2.38. The number of rotatable bonds is 7. The molecule has 0 unspecified atom stereocenters. The van der Waals surface area contributed by atoms with E-state index >= 15 is 0 Å². The van der Waals surface area contributed by atoms with Crippen LogP contribution in [0.3, 0.4) is 0 Å². The van der Waals surface area contributed by atoms with Crippen LogP contribution in [0.5, 0.6) is 0 Å². The Balaban J connectivity index is 2.49. The number of hydrogen-bond donors (Lipinski definition) is 2. The number of aliphatic carboxylic acids is 1. The molecule has 1 aromatic carbocycles. The first-order chi connectivity index (χ1) is 9.88. The molecule has 1 amide bonds. The molecular weight excluding hydrogens is 274 g/mol. The molecular formula is C15H19NO5. The van der Waals surface area contributed by atoms with Gasteiger partial charge in [0.1, 0.15) is 0 Å². The maximum atomic E-state index is 11.6. The lowest BCUT2D eigenvalue weighted by molar-refractivity contribution is -0.137. The van der Waals surface area contributed by atoms with Crippen LogP contribution in [0, 0.1) is 0 Å². The summed E-state index contributed by atoms with van der Waals surface area (Å²) in [6.45, 7) is 3.53. The Morgan fingerprint density at radius 2 is 1.76 bits per heavy atom. The van der Waals surface area contributed by atoms with E-state index in [1.54, 1.807) is 38.1 Å². The lowest BCUT2D eigenvalue weighted by Gasteiger charge is -2.09. The minimum Gasteiger partial charge on any atom is -0.481 e. The fourth-order valence-electron chi connectivity index (χ4n) is 1.60. The number of esters is 1. The lowest BCUT2D eigenvalue weighted by Crippen LogP contribution is -2.13. The topological polar surface area (TPSA) is 92.7 Å². The van der Waals surface area contributed by atoms with Crippen molar-refractivity contribution in [1.82, 2.24) is 0 Å². The SMILES string of the molecule is CC(C)OC(=O)c1ccc(NC(=O)CCCC(=O)O)cc1. The standard InChI is InChI=1S/C15H19NO5/c1-10(2)21-15(20)11-6-8-12(9-7-11)16-13(17)4-3-5-14(18)19/h6-10H,3-5H2,1-2H3,(H,16,17)(H,18,19). The van der Waals surface area contributed by atoms with Gasteiger partial charge in [0.25, 0.3) is 0 Å². The van der Waals surface area contributed by atoms with Gasteiger partial charge in [-0.1, -0.05) is 0 Å². The maximum absolute atomic E-state index is 11.6. The summed E-state index contributed by atoms with van der Waals surface area (Å²) >= 11 is 0. The molecule has 0 saturated heterocycles. The number of carboxylic acids is 1. The molecule has 0 radical (unpaired) electrons. The van der Waals surface area contributed by atoms with Gasteiger partial charge in [-0.3, -0.25) is 9.59 Å². The molecule has 6 heteroatoms. The lowest BCUT2D eigenvalue weighted by atomic mass is 10.2.